The van der Waals surface area contributed by atoms with Crippen LogP contribution < -0.4 is 0 Å². The Bertz CT molecular complexity index is 582. The third-order valence-corrected chi connectivity index (χ3v) is 4.82. The summed E-state index contributed by atoms with van der Waals surface area (Å²) in [4.78, 5) is 18.3. The highest BCUT2D eigenvalue weighted by atomic mass is 79.9. The van der Waals surface area contributed by atoms with Crippen LogP contribution in [0.4, 0.5) is 0 Å². The van der Waals surface area contributed by atoms with Gasteiger partial charge in [-0.3, -0.25) is 4.79 Å². The van der Waals surface area contributed by atoms with E-state index < -0.39 is 0 Å². The van der Waals surface area contributed by atoms with Crippen LogP contribution in [0.5, 0.6) is 0 Å². The van der Waals surface area contributed by atoms with Crippen molar-refractivity contribution in [3.63, 3.8) is 0 Å². The Morgan fingerprint density at radius 2 is 2.15 bits per heavy atom. The number of likely N-dealkylation sites (tertiary alicyclic amines) is 1. The van der Waals surface area contributed by atoms with E-state index in [0.29, 0.717) is 19.0 Å². The lowest BCUT2D eigenvalue weighted by atomic mass is 10.0. The molecule has 0 bridgehead atoms. The molecule has 2 heterocycles. The molecule has 5 heteroatoms. The van der Waals surface area contributed by atoms with Crippen LogP contribution in [-0.2, 0) is 17.8 Å². The van der Waals surface area contributed by atoms with Gasteiger partial charge in [-0.05, 0) is 30.5 Å². The van der Waals surface area contributed by atoms with E-state index in [1.807, 2.05) is 15.8 Å². The molecule has 0 saturated carbocycles. The number of thiazole rings is 1. The second-order valence-corrected chi connectivity index (χ2v) is 6.66. The van der Waals surface area contributed by atoms with Crippen LogP contribution in [0, 0.1) is 0 Å². The maximum atomic E-state index is 12.0. The van der Waals surface area contributed by atoms with Crippen molar-refractivity contribution in [3.8, 4) is 0 Å². The lowest BCUT2D eigenvalue weighted by Crippen LogP contribution is -2.34. The molecule has 104 valence electrons. The number of nitrogens with zero attached hydrogens (tertiary/aromatic N) is 2. The molecule has 0 N–H and O–H groups in total. The van der Waals surface area contributed by atoms with Crippen LogP contribution >= 0.6 is 27.3 Å². The molecular formula is C15H15BrN2OS. The lowest BCUT2D eigenvalue weighted by molar-refractivity contribution is -0.129. The number of hydrogen-bond donors (Lipinski definition) is 0. The van der Waals surface area contributed by atoms with Gasteiger partial charge in [-0.2, -0.15) is 0 Å². The second kappa shape index (κ2) is 6.06. The molecule has 1 aliphatic heterocycles. The molecule has 1 atom stereocenters. The van der Waals surface area contributed by atoms with Gasteiger partial charge >= 0.3 is 0 Å². The number of halogens is 1. The number of amides is 1. The van der Waals surface area contributed by atoms with Gasteiger partial charge in [0.2, 0.25) is 5.91 Å². The molecule has 0 unspecified atom stereocenters. The highest BCUT2D eigenvalue weighted by Crippen LogP contribution is 2.25. The summed E-state index contributed by atoms with van der Waals surface area (Å²) in [6.45, 7) is 0.642. The molecular weight excluding hydrogens is 336 g/mol. The number of carbonyl (C=O) groups is 1. The standard InChI is InChI=1S/C15H15BrN2OS/c16-12-3-1-11(2-4-12)7-14-5-6-15(19)18(14)8-13-9-20-10-17-13/h1-4,9-10,14H,5-8H2/t14-/m0/s1. The Balaban J connectivity index is 1.71. The molecule has 2 aromatic rings. The van der Waals surface area contributed by atoms with Crippen molar-refractivity contribution in [3.05, 3.63) is 50.9 Å². The van der Waals surface area contributed by atoms with E-state index in [-0.39, 0.29) is 5.91 Å². The molecule has 3 nitrogen and oxygen atoms in total. The Kier molecular flexibility index (Phi) is 4.17. The molecule has 1 saturated heterocycles. The number of hydrogen-bond acceptors (Lipinski definition) is 3. The molecule has 20 heavy (non-hydrogen) atoms. The molecule has 1 amide bonds. The molecule has 0 radical (unpaired) electrons. The van der Waals surface area contributed by atoms with Gasteiger partial charge in [-0.1, -0.05) is 28.1 Å². The predicted molar refractivity (Wildman–Crippen MR) is 83.5 cm³/mol. The van der Waals surface area contributed by atoms with E-state index in [0.717, 1.165) is 23.0 Å². The largest absolute Gasteiger partial charge is 0.333 e. The van der Waals surface area contributed by atoms with E-state index >= 15 is 0 Å². The van der Waals surface area contributed by atoms with Crippen molar-refractivity contribution >= 4 is 33.2 Å². The van der Waals surface area contributed by atoms with Gasteiger partial charge in [0.25, 0.3) is 0 Å². The van der Waals surface area contributed by atoms with Gasteiger partial charge in [-0.25, -0.2) is 4.98 Å². The van der Waals surface area contributed by atoms with Crippen molar-refractivity contribution in [2.45, 2.75) is 31.8 Å². The molecule has 3 rings (SSSR count). The number of benzene rings is 1. The van der Waals surface area contributed by atoms with Crippen LogP contribution in [0.3, 0.4) is 0 Å². The van der Waals surface area contributed by atoms with Crippen LogP contribution in [0.1, 0.15) is 24.1 Å². The smallest absolute Gasteiger partial charge is 0.223 e. The van der Waals surface area contributed by atoms with Crippen LogP contribution in [0.15, 0.2) is 39.6 Å². The first-order valence-corrected chi connectivity index (χ1v) is 8.37. The normalized spacial score (nSPS) is 18.8. The third-order valence-electron chi connectivity index (χ3n) is 3.65. The first kappa shape index (κ1) is 13.8. The average Bonchev–Trinajstić information content (AvgIpc) is 3.06. The van der Waals surface area contributed by atoms with Crippen molar-refractivity contribution < 1.29 is 4.79 Å². The topological polar surface area (TPSA) is 33.2 Å². The van der Waals surface area contributed by atoms with Crippen LogP contribution in [-0.4, -0.2) is 21.8 Å². The summed E-state index contributed by atoms with van der Waals surface area (Å²) in [6, 6.07) is 8.64. The van der Waals surface area contributed by atoms with E-state index in [1.54, 1.807) is 11.3 Å². The zero-order valence-corrected chi connectivity index (χ0v) is 13.4. The van der Waals surface area contributed by atoms with Crippen LogP contribution in [0.25, 0.3) is 0 Å². The van der Waals surface area contributed by atoms with E-state index in [4.69, 9.17) is 0 Å². The maximum absolute atomic E-state index is 12.0. The summed E-state index contributed by atoms with van der Waals surface area (Å²) in [5, 5.41) is 2.02. The van der Waals surface area contributed by atoms with Crippen molar-refractivity contribution in [2.24, 2.45) is 0 Å². The monoisotopic (exact) mass is 350 g/mol. The summed E-state index contributed by atoms with van der Waals surface area (Å²) in [6.07, 6.45) is 2.52. The van der Waals surface area contributed by atoms with Gasteiger partial charge in [0.1, 0.15) is 0 Å². The van der Waals surface area contributed by atoms with Gasteiger partial charge in [-0.15, -0.1) is 11.3 Å². The Morgan fingerprint density at radius 1 is 1.35 bits per heavy atom. The first-order chi connectivity index (χ1) is 9.72. The summed E-state index contributed by atoms with van der Waals surface area (Å²) < 4.78 is 1.09. The minimum atomic E-state index is 0.250. The molecule has 1 fully saturated rings. The Hall–Kier alpha value is -1.20. The zero-order chi connectivity index (χ0) is 13.9. The minimum Gasteiger partial charge on any atom is -0.333 e. The summed E-state index contributed by atoms with van der Waals surface area (Å²) in [5.41, 5.74) is 4.09. The highest BCUT2D eigenvalue weighted by Gasteiger charge is 2.31. The predicted octanol–water partition coefficient (Wildman–Crippen LogP) is 3.64. The lowest BCUT2D eigenvalue weighted by Gasteiger charge is -2.24. The fourth-order valence-electron chi connectivity index (χ4n) is 2.61. The number of carbonyl (C=O) groups excluding carboxylic acids is 1. The average molecular weight is 351 g/mol. The highest BCUT2D eigenvalue weighted by molar-refractivity contribution is 9.10. The third kappa shape index (κ3) is 3.10. The van der Waals surface area contributed by atoms with Crippen molar-refractivity contribution in [1.82, 2.24) is 9.88 Å². The second-order valence-electron chi connectivity index (χ2n) is 5.02. The maximum Gasteiger partial charge on any atom is 0.223 e. The van der Waals surface area contributed by atoms with E-state index in [1.165, 1.54) is 5.56 Å². The fourth-order valence-corrected chi connectivity index (χ4v) is 3.42. The van der Waals surface area contributed by atoms with Gasteiger partial charge < -0.3 is 4.90 Å². The first-order valence-electron chi connectivity index (χ1n) is 6.63. The summed E-state index contributed by atoms with van der Waals surface area (Å²) >= 11 is 5.02. The SMILES string of the molecule is O=C1CC[C@@H](Cc2ccc(Br)cc2)N1Cc1cscn1. The fraction of sp³-hybridized carbons (Fsp3) is 0.333. The van der Waals surface area contributed by atoms with Gasteiger partial charge in [0, 0.05) is 22.3 Å². The van der Waals surface area contributed by atoms with Gasteiger partial charge in [0.05, 0.1) is 17.7 Å². The van der Waals surface area contributed by atoms with Gasteiger partial charge in [0.15, 0.2) is 0 Å². The van der Waals surface area contributed by atoms with E-state index in [9.17, 15) is 4.79 Å². The number of aromatic nitrogens is 1. The molecule has 0 aliphatic carbocycles. The van der Waals surface area contributed by atoms with Crippen molar-refractivity contribution in [1.29, 1.82) is 0 Å². The summed E-state index contributed by atoms with van der Waals surface area (Å²) in [5.74, 6) is 0.250. The quantitative estimate of drug-likeness (QED) is 0.843. The molecule has 1 aliphatic rings. The number of rotatable bonds is 4. The molecule has 1 aromatic heterocycles. The molecule has 1 aromatic carbocycles. The summed E-state index contributed by atoms with van der Waals surface area (Å²) in [7, 11) is 0. The minimum absolute atomic E-state index is 0.250. The Labute approximate surface area is 130 Å². The Morgan fingerprint density at radius 3 is 2.85 bits per heavy atom. The zero-order valence-electron chi connectivity index (χ0n) is 11.0. The van der Waals surface area contributed by atoms with Crippen molar-refractivity contribution in [2.75, 3.05) is 0 Å². The molecule has 0 spiro atoms. The van der Waals surface area contributed by atoms with E-state index in [2.05, 4.69) is 45.2 Å². The van der Waals surface area contributed by atoms with Crippen LogP contribution in [0.2, 0.25) is 0 Å².